The van der Waals surface area contributed by atoms with E-state index in [4.69, 9.17) is 15.2 Å². The molecule has 0 saturated carbocycles. The first kappa shape index (κ1) is 20.2. The SMILES string of the molecule is CCOc1ccc(OCC)c(NC(N)=NCc2ccn(-c3ccc(F)cc3)n2)c1. The van der Waals surface area contributed by atoms with E-state index in [1.807, 2.05) is 38.1 Å². The molecule has 3 rings (SSSR count). The van der Waals surface area contributed by atoms with Crippen LogP contribution in [0.15, 0.2) is 59.7 Å². The Hall–Kier alpha value is -3.55. The first-order valence-electron chi connectivity index (χ1n) is 9.36. The summed E-state index contributed by atoms with van der Waals surface area (Å²) in [5, 5.41) is 7.49. The highest BCUT2D eigenvalue weighted by Gasteiger charge is 2.08. The molecule has 0 bridgehead atoms. The Balaban J connectivity index is 1.69. The molecular formula is C21H24FN5O2. The van der Waals surface area contributed by atoms with Crippen molar-refractivity contribution in [1.29, 1.82) is 0 Å². The monoisotopic (exact) mass is 397 g/mol. The average Bonchev–Trinajstić information content (AvgIpc) is 3.18. The molecule has 0 saturated heterocycles. The number of anilines is 1. The normalized spacial score (nSPS) is 11.3. The highest BCUT2D eigenvalue weighted by atomic mass is 19.1. The predicted molar refractivity (Wildman–Crippen MR) is 111 cm³/mol. The van der Waals surface area contributed by atoms with Crippen LogP contribution in [-0.4, -0.2) is 29.0 Å². The maximum atomic E-state index is 13.1. The molecule has 0 radical (unpaired) electrons. The molecule has 0 amide bonds. The van der Waals surface area contributed by atoms with Crippen LogP contribution < -0.4 is 20.5 Å². The molecule has 1 aromatic heterocycles. The van der Waals surface area contributed by atoms with Crippen LogP contribution in [0.25, 0.3) is 5.69 Å². The van der Waals surface area contributed by atoms with Gasteiger partial charge in [-0.2, -0.15) is 5.10 Å². The molecule has 3 N–H and O–H groups in total. The number of benzene rings is 2. The fourth-order valence-corrected chi connectivity index (χ4v) is 2.67. The van der Waals surface area contributed by atoms with Gasteiger partial charge in [-0.1, -0.05) is 0 Å². The Kier molecular flexibility index (Phi) is 6.67. The lowest BCUT2D eigenvalue weighted by atomic mass is 10.2. The molecule has 8 heteroatoms. The van der Waals surface area contributed by atoms with Crippen molar-refractivity contribution in [3.8, 4) is 17.2 Å². The molecule has 152 valence electrons. The quantitative estimate of drug-likeness (QED) is 0.447. The van der Waals surface area contributed by atoms with Crippen molar-refractivity contribution in [3.05, 3.63) is 66.2 Å². The third-order valence-corrected chi connectivity index (χ3v) is 3.97. The fourth-order valence-electron chi connectivity index (χ4n) is 2.67. The van der Waals surface area contributed by atoms with E-state index in [1.165, 1.54) is 12.1 Å². The van der Waals surface area contributed by atoms with Crippen LogP contribution in [0.2, 0.25) is 0 Å². The maximum Gasteiger partial charge on any atom is 0.193 e. The third-order valence-electron chi connectivity index (χ3n) is 3.97. The summed E-state index contributed by atoms with van der Waals surface area (Å²) >= 11 is 0. The molecule has 0 aliphatic rings. The Morgan fingerprint density at radius 1 is 1.10 bits per heavy atom. The minimum atomic E-state index is -0.288. The zero-order valence-electron chi connectivity index (χ0n) is 16.4. The average molecular weight is 397 g/mol. The summed E-state index contributed by atoms with van der Waals surface area (Å²) in [5.41, 5.74) is 8.21. The number of nitrogens with zero attached hydrogens (tertiary/aromatic N) is 3. The number of nitrogens with two attached hydrogens (primary N) is 1. The van der Waals surface area contributed by atoms with Gasteiger partial charge in [0.05, 0.1) is 36.8 Å². The lowest BCUT2D eigenvalue weighted by molar-refractivity contribution is 0.332. The van der Waals surface area contributed by atoms with E-state index in [2.05, 4.69) is 15.4 Å². The van der Waals surface area contributed by atoms with Crippen LogP contribution in [0.5, 0.6) is 11.5 Å². The summed E-state index contributed by atoms with van der Waals surface area (Å²) in [6.07, 6.45) is 1.79. The van der Waals surface area contributed by atoms with Crippen LogP contribution >= 0.6 is 0 Å². The van der Waals surface area contributed by atoms with Gasteiger partial charge < -0.3 is 20.5 Å². The number of ether oxygens (including phenoxy) is 2. The van der Waals surface area contributed by atoms with E-state index >= 15 is 0 Å². The Morgan fingerprint density at radius 3 is 2.59 bits per heavy atom. The highest BCUT2D eigenvalue weighted by Crippen LogP contribution is 2.29. The van der Waals surface area contributed by atoms with E-state index in [1.54, 1.807) is 23.0 Å². The number of halogens is 1. The van der Waals surface area contributed by atoms with Crippen molar-refractivity contribution < 1.29 is 13.9 Å². The summed E-state index contributed by atoms with van der Waals surface area (Å²) in [6.45, 7) is 5.22. The summed E-state index contributed by atoms with van der Waals surface area (Å²) in [5.74, 6) is 1.32. The molecule has 2 aromatic carbocycles. The first-order chi connectivity index (χ1) is 14.1. The second kappa shape index (κ2) is 9.59. The molecule has 0 aliphatic heterocycles. The molecule has 0 aliphatic carbocycles. The highest BCUT2D eigenvalue weighted by molar-refractivity contribution is 5.94. The van der Waals surface area contributed by atoms with Crippen LogP contribution in [0.4, 0.5) is 10.1 Å². The zero-order chi connectivity index (χ0) is 20.6. The van der Waals surface area contributed by atoms with Gasteiger partial charge in [-0.25, -0.2) is 14.1 Å². The van der Waals surface area contributed by atoms with Gasteiger partial charge in [0, 0.05) is 12.3 Å². The van der Waals surface area contributed by atoms with Crippen LogP contribution in [0.3, 0.4) is 0 Å². The summed E-state index contributed by atoms with van der Waals surface area (Å²) in [7, 11) is 0. The number of aliphatic imine (C=N–C) groups is 1. The largest absolute Gasteiger partial charge is 0.494 e. The zero-order valence-corrected chi connectivity index (χ0v) is 16.4. The minimum Gasteiger partial charge on any atom is -0.494 e. The van der Waals surface area contributed by atoms with Crippen molar-refractivity contribution in [2.75, 3.05) is 18.5 Å². The van der Waals surface area contributed by atoms with Crippen LogP contribution in [0, 0.1) is 5.82 Å². The lowest BCUT2D eigenvalue weighted by Crippen LogP contribution is -2.23. The molecule has 0 atom stereocenters. The maximum absolute atomic E-state index is 13.1. The minimum absolute atomic E-state index is 0.232. The van der Waals surface area contributed by atoms with Gasteiger partial charge in [0.1, 0.15) is 17.3 Å². The van der Waals surface area contributed by atoms with E-state index in [-0.39, 0.29) is 11.8 Å². The summed E-state index contributed by atoms with van der Waals surface area (Å²) in [6, 6.07) is 13.4. The molecule has 0 unspecified atom stereocenters. The Labute approximate surface area is 169 Å². The van der Waals surface area contributed by atoms with Gasteiger partial charge in [0.2, 0.25) is 0 Å². The van der Waals surface area contributed by atoms with E-state index < -0.39 is 0 Å². The first-order valence-corrected chi connectivity index (χ1v) is 9.36. The van der Waals surface area contributed by atoms with E-state index in [9.17, 15) is 4.39 Å². The second-order valence-corrected chi connectivity index (χ2v) is 6.08. The topological polar surface area (TPSA) is 86.7 Å². The van der Waals surface area contributed by atoms with Gasteiger partial charge in [-0.3, -0.25) is 0 Å². The summed E-state index contributed by atoms with van der Waals surface area (Å²) < 4.78 is 25.9. The Bertz CT molecular complexity index is 969. The molecule has 29 heavy (non-hydrogen) atoms. The number of rotatable bonds is 8. The predicted octanol–water partition coefficient (Wildman–Crippen LogP) is 3.74. The molecule has 0 spiro atoms. The molecular weight excluding hydrogens is 373 g/mol. The smallest absolute Gasteiger partial charge is 0.193 e. The summed E-state index contributed by atoms with van der Waals surface area (Å²) in [4.78, 5) is 4.34. The number of aromatic nitrogens is 2. The molecule has 1 heterocycles. The number of hydrogen-bond acceptors (Lipinski definition) is 4. The van der Waals surface area contributed by atoms with Gasteiger partial charge in [0.15, 0.2) is 5.96 Å². The number of hydrogen-bond donors (Lipinski definition) is 2. The lowest BCUT2D eigenvalue weighted by Gasteiger charge is -2.13. The van der Waals surface area contributed by atoms with Crippen LogP contribution in [0.1, 0.15) is 19.5 Å². The number of guanidine groups is 1. The van der Waals surface area contributed by atoms with Crippen molar-refractivity contribution >= 4 is 11.6 Å². The van der Waals surface area contributed by atoms with Crippen molar-refractivity contribution in [1.82, 2.24) is 9.78 Å². The Morgan fingerprint density at radius 2 is 1.86 bits per heavy atom. The molecule has 0 fully saturated rings. The van der Waals surface area contributed by atoms with Gasteiger partial charge >= 0.3 is 0 Å². The second-order valence-electron chi connectivity index (χ2n) is 6.08. The standard InChI is InChI=1S/C21H24FN5O2/c1-3-28-18-9-10-20(29-4-2)19(13-18)25-21(23)24-14-16-11-12-27(26-16)17-7-5-15(22)6-8-17/h5-13H,3-4,14H2,1-2H3,(H3,23,24,25). The fraction of sp³-hybridized carbons (Fsp3) is 0.238. The number of nitrogens with one attached hydrogen (secondary N) is 1. The third kappa shape index (κ3) is 5.47. The van der Waals surface area contributed by atoms with Gasteiger partial charge in [-0.05, 0) is 56.3 Å². The van der Waals surface area contributed by atoms with E-state index in [0.717, 1.165) is 11.4 Å². The van der Waals surface area contributed by atoms with E-state index in [0.29, 0.717) is 36.9 Å². The van der Waals surface area contributed by atoms with Crippen molar-refractivity contribution in [2.24, 2.45) is 10.7 Å². The van der Waals surface area contributed by atoms with Crippen molar-refractivity contribution in [3.63, 3.8) is 0 Å². The van der Waals surface area contributed by atoms with Crippen LogP contribution in [-0.2, 0) is 6.54 Å². The molecule has 3 aromatic rings. The molecule has 7 nitrogen and oxygen atoms in total. The van der Waals surface area contributed by atoms with Gasteiger partial charge in [0.25, 0.3) is 0 Å². The van der Waals surface area contributed by atoms with Gasteiger partial charge in [-0.15, -0.1) is 0 Å². The van der Waals surface area contributed by atoms with Crippen molar-refractivity contribution in [2.45, 2.75) is 20.4 Å².